The summed E-state index contributed by atoms with van der Waals surface area (Å²) >= 11 is 1.66. The zero-order valence-electron chi connectivity index (χ0n) is 17.1. The number of fused-ring (bicyclic) bond motifs is 3. The minimum atomic E-state index is -0.175. The van der Waals surface area contributed by atoms with Crippen LogP contribution in [0.25, 0.3) is 21.4 Å². The molecule has 32 heavy (non-hydrogen) atoms. The summed E-state index contributed by atoms with van der Waals surface area (Å²) in [5.74, 6) is 2.54. The lowest BCUT2D eigenvalue weighted by Gasteiger charge is -2.21. The van der Waals surface area contributed by atoms with Gasteiger partial charge in [-0.3, -0.25) is 9.36 Å². The molecule has 2 fully saturated rings. The Morgan fingerprint density at radius 1 is 1.16 bits per heavy atom. The molecule has 2 aliphatic rings. The molecule has 3 atom stereocenters. The molecule has 1 saturated heterocycles. The molecule has 1 aliphatic carbocycles. The quantitative estimate of drug-likeness (QED) is 0.413. The Kier molecular flexibility index (Phi) is 3.63. The van der Waals surface area contributed by atoms with Crippen molar-refractivity contribution in [3.63, 3.8) is 0 Å². The Morgan fingerprint density at radius 3 is 2.88 bits per heavy atom. The van der Waals surface area contributed by atoms with Crippen molar-refractivity contribution in [1.29, 1.82) is 0 Å². The Balaban J connectivity index is 1.07. The predicted molar refractivity (Wildman–Crippen MR) is 118 cm³/mol. The molecule has 10 nitrogen and oxygen atoms in total. The number of benzene rings is 1. The van der Waals surface area contributed by atoms with E-state index in [-0.39, 0.29) is 12.1 Å². The standard InChI is InChI=1S/C21H18N8O2S/c1-27-8-22-20-18(27)21(30)29(9-23-20)7-16-25-19(26-31-16)17-12-5-28(6-13(12)17)11-2-3-15-14(4-11)24-10-32-15/h2-4,8-10,12-13,17H,5-7H2,1H3/t12-,13+,17+. The number of rotatable bonds is 4. The van der Waals surface area contributed by atoms with E-state index >= 15 is 0 Å². The zero-order chi connectivity index (χ0) is 21.4. The van der Waals surface area contributed by atoms with Crippen molar-refractivity contribution < 1.29 is 4.52 Å². The second-order valence-electron chi connectivity index (χ2n) is 8.51. The SMILES string of the molecule is Cn1cnc2ncn(Cc3nc([C@H]4[C@@H]5CN(c6ccc7scnc7c6)C[C@@H]54)no3)c(=O)c21. The van der Waals surface area contributed by atoms with Crippen molar-refractivity contribution in [1.82, 2.24) is 34.2 Å². The van der Waals surface area contributed by atoms with Gasteiger partial charge in [-0.05, 0) is 30.0 Å². The molecule has 4 aromatic heterocycles. The average Bonchev–Trinajstić information content (AvgIpc) is 3.38. The van der Waals surface area contributed by atoms with Gasteiger partial charge in [0, 0.05) is 31.7 Å². The maximum atomic E-state index is 12.7. The number of thiazole rings is 1. The first-order valence-electron chi connectivity index (χ1n) is 10.4. The van der Waals surface area contributed by atoms with E-state index in [2.05, 4.69) is 48.2 Å². The minimum absolute atomic E-state index is 0.175. The van der Waals surface area contributed by atoms with Crippen molar-refractivity contribution in [3.05, 3.63) is 58.4 Å². The number of hydrogen-bond donors (Lipinski definition) is 0. The topological polar surface area (TPSA) is 108 Å². The first-order valence-corrected chi connectivity index (χ1v) is 11.3. The summed E-state index contributed by atoms with van der Waals surface area (Å²) in [5.41, 5.74) is 4.88. The second kappa shape index (κ2) is 6.45. The summed E-state index contributed by atoms with van der Waals surface area (Å²) in [6, 6.07) is 6.50. The lowest BCUT2D eigenvalue weighted by atomic mass is 10.2. The van der Waals surface area contributed by atoms with Crippen molar-refractivity contribution in [3.8, 4) is 0 Å². The number of aromatic nitrogens is 7. The third-order valence-electron chi connectivity index (χ3n) is 6.66. The molecule has 5 aromatic rings. The maximum Gasteiger partial charge on any atom is 0.280 e. The second-order valence-corrected chi connectivity index (χ2v) is 9.40. The highest BCUT2D eigenvalue weighted by atomic mass is 32.1. The van der Waals surface area contributed by atoms with Crippen molar-refractivity contribution >= 4 is 38.4 Å². The molecule has 0 unspecified atom stereocenters. The number of anilines is 1. The van der Waals surface area contributed by atoms with Crippen LogP contribution in [0.2, 0.25) is 0 Å². The summed E-state index contributed by atoms with van der Waals surface area (Å²) in [5, 5.41) is 4.22. The molecule has 160 valence electrons. The van der Waals surface area contributed by atoms with E-state index in [4.69, 9.17) is 4.52 Å². The van der Waals surface area contributed by atoms with Crippen molar-refractivity contribution in [2.24, 2.45) is 18.9 Å². The zero-order valence-corrected chi connectivity index (χ0v) is 17.9. The molecule has 0 radical (unpaired) electrons. The third-order valence-corrected chi connectivity index (χ3v) is 7.47. The summed E-state index contributed by atoms with van der Waals surface area (Å²) < 4.78 is 9.84. The van der Waals surface area contributed by atoms with Gasteiger partial charge in [-0.1, -0.05) is 5.16 Å². The van der Waals surface area contributed by atoms with Crippen LogP contribution in [0.3, 0.4) is 0 Å². The molecule has 1 saturated carbocycles. The first kappa shape index (κ1) is 18.0. The van der Waals surface area contributed by atoms with E-state index in [1.54, 1.807) is 29.3 Å². The fourth-order valence-electron chi connectivity index (χ4n) is 4.96. The van der Waals surface area contributed by atoms with E-state index in [9.17, 15) is 4.79 Å². The van der Waals surface area contributed by atoms with Gasteiger partial charge in [0.05, 0.1) is 22.1 Å². The highest BCUT2D eigenvalue weighted by molar-refractivity contribution is 7.16. The number of aryl methyl sites for hydroxylation is 1. The number of nitrogens with zero attached hydrogens (tertiary/aromatic N) is 8. The average molecular weight is 446 g/mol. The minimum Gasteiger partial charge on any atom is -0.371 e. The van der Waals surface area contributed by atoms with Gasteiger partial charge in [-0.15, -0.1) is 11.3 Å². The van der Waals surface area contributed by atoms with Gasteiger partial charge in [-0.2, -0.15) is 4.98 Å². The molecule has 0 N–H and O–H groups in total. The summed E-state index contributed by atoms with van der Waals surface area (Å²) in [7, 11) is 1.78. The first-order chi connectivity index (χ1) is 15.7. The van der Waals surface area contributed by atoms with Crippen molar-refractivity contribution in [2.45, 2.75) is 12.5 Å². The third kappa shape index (κ3) is 2.63. The normalized spacial score (nSPS) is 22.2. The van der Waals surface area contributed by atoms with Gasteiger partial charge >= 0.3 is 0 Å². The van der Waals surface area contributed by atoms with Crippen LogP contribution in [0.5, 0.6) is 0 Å². The van der Waals surface area contributed by atoms with E-state index < -0.39 is 0 Å². The van der Waals surface area contributed by atoms with E-state index in [0.29, 0.717) is 34.8 Å². The molecule has 11 heteroatoms. The molecule has 1 aliphatic heterocycles. The molecule has 5 heterocycles. The lowest BCUT2D eigenvalue weighted by Crippen LogP contribution is -2.23. The molecule has 0 amide bonds. The molecular formula is C21H18N8O2S. The number of piperidine rings is 1. The maximum absolute atomic E-state index is 12.7. The number of imidazole rings is 1. The number of hydrogen-bond acceptors (Lipinski definition) is 9. The van der Waals surface area contributed by atoms with E-state index in [0.717, 1.165) is 24.4 Å². The Bertz CT molecular complexity index is 1540. The smallest absolute Gasteiger partial charge is 0.280 e. The largest absolute Gasteiger partial charge is 0.371 e. The van der Waals surface area contributed by atoms with E-state index in [1.165, 1.54) is 21.3 Å². The van der Waals surface area contributed by atoms with Crippen LogP contribution in [0, 0.1) is 11.8 Å². The van der Waals surface area contributed by atoms with Gasteiger partial charge in [0.1, 0.15) is 12.9 Å². The molecule has 1 aromatic carbocycles. The van der Waals surface area contributed by atoms with Gasteiger partial charge < -0.3 is 14.0 Å². The fraction of sp³-hybridized carbons (Fsp3) is 0.333. The molecular weight excluding hydrogens is 428 g/mol. The van der Waals surface area contributed by atoms with Crippen LogP contribution >= 0.6 is 11.3 Å². The van der Waals surface area contributed by atoms with Gasteiger partial charge in [-0.25, -0.2) is 15.0 Å². The van der Waals surface area contributed by atoms with Gasteiger partial charge in [0.2, 0.25) is 5.89 Å². The molecule has 0 spiro atoms. The Hall–Kier alpha value is -3.60. The summed E-state index contributed by atoms with van der Waals surface area (Å²) in [6.07, 6.45) is 3.06. The van der Waals surface area contributed by atoms with Crippen LogP contribution < -0.4 is 10.5 Å². The van der Waals surface area contributed by atoms with Crippen LogP contribution in [-0.2, 0) is 13.6 Å². The van der Waals surface area contributed by atoms with Crippen LogP contribution in [-0.4, -0.2) is 47.3 Å². The predicted octanol–water partition coefficient (Wildman–Crippen LogP) is 2.02. The summed E-state index contributed by atoms with van der Waals surface area (Å²) in [6.45, 7) is 2.16. The molecule has 0 bridgehead atoms. The Labute approximate surface area is 185 Å². The monoisotopic (exact) mass is 446 g/mol. The highest BCUT2D eigenvalue weighted by Crippen LogP contribution is 2.58. The van der Waals surface area contributed by atoms with Crippen LogP contribution in [0.1, 0.15) is 17.6 Å². The highest BCUT2D eigenvalue weighted by Gasteiger charge is 2.58. The van der Waals surface area contributed by atoms with Gasteiger partial charge in [0.15, 0.2) is 17.0 Å². The van der Waals surface area contributed by atoms with Crippen molar-refractivity contribution in [2.75, 3.05) is 18.0 Å². The van der Waals surface area contributed by atoms with Crippen LogP contribution in [0.4, 0.5) is 5.69 Å². The summed E-state index contributed by atoms with van der Waals surface area (Å²) in [4.78, 5) is 32.5. The van der Waals surface area contributed by atoms with E-state index in [1.807, 2.05) is 5.51 Å². The van der Waals surface area contributed by atoms with Crippen LogP contribution in [0.15, 0.2) is 45.7 Å². The Morgan fingerprint density at radius 2 is 2.00 bits per heavy atom. The lowest BCUT2D eigenvalue weighted by molar-refractivity contribution is 0.363. The molecule has 7 rings (SSSR count). The van der Waals surface area contributed by atoms with Gasteiger partial charge in [0.25, 0.3) is 5.56 Å². The fourth-order valence-corrected chi connectivity index (χ4v) is 5.62.